The van der Waals surface area contributed by atoms with Gasteiger partial charge in [0.15, 0.2) is 0 Å². The largest absolute Gasteiger partial charge is 0.296 e. The zero-order valence-electron chi connectivity index (χ0n) is 11.6. The molecule has 2 heterocycles. The molecule has 1 saturated carbocycles. The van der Waals surface area contributed by atoms with Gasteiger partial charge in [-0.2, -0.15) is 0 Å². The van der Waals surface area contributed by atoms with Gasteiger partial charge in [-0.05, 0) is 42.2 Å². The first-order chi connectivity index (χ1) is 10.2. The first kappa shape index (κ1) is 12.5. The Kier molecular flexibility index (Phi) is 2.61. The summed E-state index contributed by atoms with van der Waals surface area (Å²) in [6.07, 6.45) is 6.57. The number of hydrogen-bond acceptors (Lipinski definition) is 3. The fourth-order valence-electron chi connectivity index (χ4n) is 3.82. The molecule has 2 fully saturated rings. The summed E-state index contributed by atoms with van der Waals surface area (Å²) in [6, 6.07) is 8.41. The van der Waals surface area contributed by atoms with Crippen LogP contribution in [0, 0.1) is 5.41 Å². The van der Waals surface area contributed by atoms with Gasteiger partial charge in [-0.15, -0.1) is 0 Å². The summed E-state index contributed by atoms with van der Waals surface area (Å²) < 4.78 is 0. The summed E-state index contributed by atoms with van der Waals surface area (Å²) in [4.78, 5) is 27.7. The van der Waals surface area contributed by atoms with Gasteiger partial charge >= 0.3 is 0 Å². The second-order valence-electron chi connectivity index (χ2n) is 6.26. The third-order valence-corrected chi connectivity index (χ3v) is 4.98. The SMILES string of the molecule is O=C1CC2(CCC(c3ccc4cnccc4c3)C2)C(=O)N1. The maximum atomic E-state index is 12.1. The Labute approximate surface area is 122 Å². The normalized spacial score (nSPS) is 28.5. The standard InChI is InChI=1S/C17H16N2O2/c20-15-9-17(16(21)19-15)5-3-13(8-17)11-1-2-14-10-18-6-4-12(14)7-11/h1-2,4,6-7,10,13H,3,5,8-9H2,(H,19,20,21). The number of carbonyl (C=O) groups is 2. The molecule has 0 bridgehead atoms. The molecule has 1 aliphatic carbocycles. The number of nitrogens with zero attached hydrogens (tertiary/aromatic N) is 1. The first-order valence-electron chi connectivity index (χ1n) is 7.34. The van der Waals surface area contributed by atoms with Crippen molar-refractivity contribution >= 4 is 22.6 Å². The number of aromatic nitrogens is 1. The van der Waals surface area contributed by atoms with Gasteiger partial charge in [0, 0.05) is 24.2 Å². The average molecular weight is 280 g/mol. The Morgan fingerprint density at radius 1 is 1.19 bits per heavy atom. The summed E-state index contributed by atoms with van der Waals surface area (Å²) in [5, 5.41) is 4.77. The molecule has 1 aliphatic heterocycles. The van der Waals surface area contributed by atoms with Crippen molar-refractivity contribution in [2.45, 2.75) is 31.6 Å². The monoisotopic (exact) mass is 280 g/mol. The lowest BCUT2D eigenvalue weighted by atomic mass is 9.82. The lowest BCUT2D eigenvalue weighted by Crippen LogP contribution is -2.29. The highest BCUT2D eigenvalue weighted by Gasteiger charge is 2.51. The van der Waals surface area contributed by atoms with E-state index in [4.69, 9.17) is 0 Å². The molecular weight excluding hydrogens is 264 g/mol. The number of fused-ring (bicyclic) bond motifs is 1. The molecule has 2 unspecified atom stereocenters. The average Bonchev–Trinajstić information content (AvgIpc) is 3.03. The van der Waals surface area contributed by atoms with Gasteiger partial charge in [-0.3, -0.25) is 19.9 Å². The van der Waals surface area contributed by atoms with Crippen LogP contribution in [-0.4, -0.2) is 16.8 Å². The van der Waals surface area contributed by atoms with E-state index in [9.17, 15) is 9.59 Å². The van der Waals surface area contributed by atoms with E-state index >= 15 is 0 Å². The van der Waals surface area contributed by atoms with Crippen molar-refractivity contribution in [3.63, 3.8) is 0 Å². The quantitative estimate of drug-likeness (QED) is 0.817. The molecule has 2 aromatic rings. The van der Waals surface area contributed by atoms with Crippen LogP contribution in [0.25, 0.3) is 10.8 Å². The number of amides is 2. The number of rotatable bonds is 1. The van der Waals surface area contributed by atoms with E-state index in [0.29, 0.717) is 12.3 Å². The molecule has 1 aromatic carbocycles. The smallest absolute Gasteiger partial charge is 0.233 e. The maximum absolute atomic E-state index is 12.1. The third kappa shape index (κ3) is 1.94. The van der Waals surface area contributed by atoms with Crippen LogP contribution in [0.4, 0.5) is 0 Å². The van der Waals surface area contributed by atoms with E-state index in [1.165, 1.54) is 10.9 Å². The molecule has 2 atom stereocenters. The molecule has 1 saturated heterocycles. The van der Waals surface area contributed by atoms with Crippen LogP contribution >= 0.6 is 0 Å². The Morgan fingerprint density at radius 3 is 2.90 bits per heavy atom. The molecule has 21 heavy (non-hydrogen) atoms. The van der Waals surface area contributed by atoms with Crippen LogP contribution in [0.1, 0.15) is 37.2 Å². The lowest BCUT2D eigenvalue weighted by Gasteiger charge is -2.18. The lowest BCUT2D eigenvalue weighted by molar-refractivity contribution is -0.128. The zero-order valence-corrected chi connectivity index (χ0v) is 11.6. The highest BCUT2D eigenvalue weighted by molar-refractivity contribution is 6.06. The van der Waals surface area contributed by atoms with Gasteiger partial charge in [-0.25, -0.2) is 0 Å². The summed E-state index contributed by atoms with van der Waals surface area (Å²) in [5.41, 5.74) is 0.812. The molecule has 1 spiro atoms. The van der Waals surface area contributed by atoms with Crippen LogP contribution in [0.15, 0.2) is 36.7 Å². The minimum absolute atomic E-state index is 0.0695. The molecule has 106 valence electrons. The van der Waals surface area contributed by atoms with Gasteiger partial charge in [-0.1, -0.05) is 18.2 Å². The molecule has 4 heteroatoms. The first-order valence-corrected chi connectivity index (χ1v) is 7.34. The molecule has 4 nitrogen and oxygen atoms in total. The minimum Gasteiger partial charge on any atom is -0.296 e. The van der Waals surface area contributed by atoms with Crippen LogP contribution in [0.2, 0.25) is 0 Å². The Balaban J connectivity index is 1.65. The molecule has 0 radical (unpaired) electrons. The van der Waals surface area contributed by atoms with Gasteiger partial charge in [0.2, 0.25) is 11.8 Å². The number of carbonyl (C=O) groups excluding carboxylic acids is 2. The molecule has 2 aliphatic rings. The summed E-state index contributed by atoms with van der Waals surface area (Å²) in [7, 11) is 0. The Bertz CT molecular complexity index is 755. The topological polar surface area (TPSA) is 59.1 Å². The van der Waals surface area contributed by atoms with E-state index in [1.807, 2.05) is 12.3 Å². The van der Waals surface area contributed by atoms with Gasteiger partial charge < -0.3 is 0 Å². The van der Waals surface area contributed by atoms with Crippen molar-refractivity contribution < 1.29 is 9.59 Å². The maximum Gasteiger partial charge on any atom is 0.233 e. The van der Waals surface area contributed by atoms with Crippen molar-refractivity contribution in [2.24, 2.45) is 5.41 Å². The second kappa shape index (κ2) is 4.38. The van der Waals surface area contributed by atoms with E-state index in [0.717, 1.165) is 24.6 Å². The van der Waals surface area contributed by atoms with Crippen LogP contribution in [0.5, 0.6) is 0 Å². The van der Waals surface area contributed by atoms with Crippen molar-refractivity contribution in [1.29, 1.82) is 0 Å². The molecular formula is C17H16N2O2. The zero-order chi connectivity index (χ0) is 14.4. The van der Waals surface area contributed by atoms with E-state index in [-0.39, 0.29) is 11.8 Å². The molecule has 2 amide bonds. The molecule has 1 aromatic heterocycles. The molecule has 4 rings (SSSR count). The minimum atomic E-state index is -0.449. The fourth-order valence-corrected chi connectivity index (χ4v) is 3.82. The predicted molar refractivity (Wildman–Crippen MR) is 78.5 cm³/mol. The van der Waals surface area contributed by atoms with Crippen LogP contribution in [0.3, 0.4) is 0 Å². The fraction of sp³-hybridized carbons (Fsp3) is 0.353. The summed E-state index contributed by atoms with van der Waals surface area (Å²) in [6.45, 7) is 0. The Hall–Kier alpha value is -2.23. The van der Waals surface area contributed by atoms with Gasteiger partial charge in [0.05, 0.1) is 5.41 Å². The predicted octanol–water partition coefficient (Wildman–Crippen LogP) is 2.54. The highest BCUT2D eigenvalue weighted by Crippen LogP contribution is 2.50. The highest BCUT2D eigenvalue weighted by atomic mass is 16.2. The summed E-state index contributed by atoms with van der Waals surface area (Å²) in [5.74, 6) is 0.171. The Morgan fingerprint density at radius 2 is 2.10 bits per heavy atom. The van der Waals surface area contributed by atoms with Crippen molar-refractivity contribution in [1.82, 2.24) is 10.3 Å². The third-order valence-electron chi connectivity index (χ3n) is 4.98. The van der Waals surface area contributed by atoms with Crippen molar-refractivity contribution in [3.05, 3.63) is 42.2 Å². The number of nitrogens with one attached hydrogen (secondary N) is 1. The number of benzene rings is 1. The number of imide groups is 1. The van der Waals surface area contributed by atoms with E-state index < -0.39 is 5.41 Å². The van der Waals surface area contributed by atoms with Crippen LogP contribution < -0.4 is 5.32 Å². The van der Waals surface area contributed by atoms with Crippen molar-refractivity contribution in [3.8, 4) is 0 Å². The summed E-state index contributed by atoms with van der Waals surface area (Å²) >= 11 is 0. The van der Waals surface area contributed by atoms with E-state index in [1.54, 1.807) is 6.20 Å². The van der Waals surface area contributed by atoms with Crippen molar-refractivity contribution in [2.75, 3.05) is 0 Å². The van der Waals surface area contributed by atoms with Crippen LogP contribution in [-0.2, 0) is 9.59 Å². The van der Waals surface area contributed by atoms with E-state index in [2.05, 4.69) is 28.5 Å². The number of hydrogen-bond donors (Lipinski definition) is 1. The van der Waals surface area contributed by atoms with Gasteiger partial charge in [0.25, 0.3) is 0 Å². The second-order valence-corrected chi connectivity index (χ2v) is 6.26. The molecule has 1 N–H and O–H groups in total. The van der Waals surface area contributed by atoms with Gasteiger partial charge in [0.1, 0.15) is 0 Å². The number of pyridine rings is 1.